The van der Waals surface area contributed by atoms with Gasteiger partial charge in [-0.3, -0.25) is 4.72 Å². The van der Waals surface area contributed by atoms with Crippen LogP contribution in [-0.4, -0.2) is 24.6 Å². The Balaban J connectivity index is 2.81. The summed E-state index contributed by atoms with van der Waals surface area (Å²) in [6.07, 6.45) is 4.72. The minimum Gasteiger partial charge on any atom is -0.281 e. The third-order valence-corrected chi connectivity index (χ3v) is 1.93. The fourth-order valence-electron chi connectivity index (χ4n) is 0.804. The maximum absolute atomic E-state index is 10.8. The fourth-order valence-corrected chi connectivity index (χ4v) is 1.34. The first-order valence-corrected chi connectivity index (χ1v) is 5.69. The minimum absolute atomic E-state index is 0.389. The zero-order chi connectivity index (χ0) is 9.90. The zero-order valence-electron chi connectivity index (χ0n) is 7.48. The summed E-state index contributed by atoms with van der Waals surface area (Å²) in [7, 11) is -3.23. The molecule has 0 aliphatic heterocycles. The van der Waals surface area contributed by atoms with E-state index in [1.807, 2.05) is 6.92 Å². The van der Waals surface area contributed by atoms with Crippen LogP contribution in [0.25, 0.3) is 0 Å². The number of nitrogens with zero attached hydrogens (tertiary/aromatic N) is 2. The lowest BCUT2D eigenvalue weighted by Crippen LogP contribution is -2.10. The minimum atomic E-state index is -3.23. The quantitative estimate of drug-likeness (QED) is 0.768. The fraction of sp³-hybridized carbons (Fsp3) is 0.429. The van der Waals surface area contributed by atoms with Gasteiger partial charge in [-0.05, 0) is 0 Å². The zero-order valence-corrected chi connectivity index (χ0v) is 8.30. The highest BCUT2D eigenvalue weighted by atomic mass is 32.2. The largest absolute Gasteiger partial charge is 0.281 e. The van der Waals surface area contributed by atoms with E-state index in [1.165, 1.54) is 12.4 Å². The van der Waals surface area contributed by atoms with Crippen molar-refractivity contribution in [3.05, 3.63) is 18.2 Å². The van der Waals surface area contributed by atoms with Crippen molar-refractivity contribution in [2.24, 2.45) is 0 Å². The van der Waals surface area contributed by atoms with E-state index in [9.17, 15) is 8.42 Å². The van der Waals surface area contributed by atoms with Gasteiger partial charge in [0.05, 0.1) is 24.3 Å². The van der Waals surface area contributed by atoms with E-state index in [4.69, 9.17) is 0 Å². The summed E-state index contributed by atoms with van der Waals surface area (Å²) in [5.74, 6) is 0.694. The summed E-state index contributed by atoms with van der Waals surface area (Å²) in [6.45, 7) is 1.93. The number of rotatable bonds is 3. The Morgan fingerprint density at radius 3 is 2.31 bits per heavy atom. The molecular formula is C7H11N3O2S. The Morgan fingerprint density at radius 1 is 1.38 bits per heavy atom. The summed E-state index contributed by atoms with van der Waals surface area (Å²) < 4.78 is 23.9. The van der Waals surface area contributed by atoms with Gasteiger partial charge in [-0.15, -0.1) is 0 Å². The molecule has 0 aliphatic rings. The molecule has 13 heavy (non-hydrogen) atoms. The van der Waals surface area contributed by atoms with Crippen molar-refractivity contribution >= 4 is 15.7 Å². The van der Waals surface area contributed by atoms with Crippen molar-refractivity contribution in [2.75, 3.05) is 11.0 Å². The molecule has 0 spiro atoms. The molecule has 0 amide bonds. The average molecular weight is 201 g/mol. The Kier molecular flexibility index (Phi) is 2.82. The molecule has 0 saturated heterocycles. The highest BCUT2D eigenvalue weighted by Gasteiger charge is 2.01. The van der Waals surface area contributed by atoms with E-state index in [-0.39, 0.29) is 0 Å². The van der Waals surface area contributed by atoms with Crippen molar-refractivity contribution in [2.45, 2.75) is 13.3 Å². The van der Waals surface area contributed by atoms with Crippen LogP contribution in [0.4, 0.5) is 5.69 Å². The number of nitrogens with one attached hydrogen (secondary N) is 1. The second-order valence-electron chi connectivity index (χ2n) is 2.62. The van der Waals surface area contributed by atoms with Crippen LogP contribution in [0.3, 0.4) is 0 Å². The predicted octanol–water partition coefficient (Wildman–Crippen LogP) is 0.410. The average Bonchev–Trinajstić information content (AvgIpc) is 2.03. The number of anilines is 1. The van der Waals surface area contributed by atoms with Gasteiger partial charge in [-0.1, -0.05) is 6.92 Å². The molecule has 1 heterocycles. The number of aromatic nitrogens is 2. The monoisotopic (exact) mass is 201 g/mol. The van der Waals surface area contributed by atoms with Crippen LogP contribution >= 0.6 is 0 Å². The predicted molar refractivity (Wildman–Crippen MR) is 49.9 cm³/mol. The lowest BCUT2D eigenvalue weighted by Gasteiger charge is -2.02. The van der Waals surface area contributed by atoms with Gasteiger partial charge in [0.15, 0.2) is 0 Å². The van der Waals surface area contributed by atoms with E-state index in [0.29, 0.717) is 11.5 Å². The van der Waals surface area contributed by atoms with Crippen LogP contribution in [0.15, 0.2) is 12.4 Å². The molecule has 1 rings (SSSR count). The van der Waals surface area contributed by atoms with E-state index in [1.54, 1.807) is 0 Å². The van der Waals surface area contributed by atoms with E-state index < -0.39 is 10.0 Å². The molecule has 1 aromatic rings. The van der Waals surface area contributed by atoms with Crippen LogP contribution in [0.1, 0.15) is 12.7 Å². The first-order valence-electron chi connectivity index (χ1n) is 3.80. The summed E-state index contributed by atoms with van der Waals surface area (Å²) in [5.41, 5.74) is 0.389. The van der Waals surface area contributed by atoms with Crippen molar-refractivity contribution in [3.8, 4) is 0 Å². The maximum atomic E-state index is 10.8. The standard InChI is InChI=1S/C7H11N3O2S/c1-3-7-8-4-6(5-9-7)10-13(2,11)12/h4-5,10H,3H2,1-2H3. The van der Waals surface area contributed by atoms with Crippen LogP contribution in [0.2, 0.25) is 0 Å². The molecule has 6 heteroatoms. The summed E-state index contributed by atoms with van der Waals surface area (Å²) in [5, 5.41) is 0. The molecule has 0 radical (unpaired) electrons. The van der Waals surface area contributed by atoms with Crippen LogP contribution in [0.5, 0.6) is 0 Å². The molecule has 0 bridgehead atoms. The van der Waals surface area contributed by atoms with Gasteiger partial charge in [0.25, 0.3) is 0 Å². The molecule has 0 saturated carbocycles. The van der Waals surface area contributed by atoms with Crippen LogP contribution < -0.4 is 4.72 Å². The lowest BCUT2D eigenvalue weighted by molar-refractivity contribution is 0.606. The van der Waals surface area contributed by atoms with Gasteiger partial charge in [0.2, 0.25) is 10.0 Å². The number of aryl methyl sites for hydroxylation is 1. The Hall–Kier alpha value is -1.17. The smallest absolute Gasteiger partial charge is 0.229 e. The third-order valence-electron chi connectivity index (χ3n) is 1.32. The van der Waals surface area contributed by atoms with Gasteiger partial charge in [0.1, 0.15) is 5.82 Å². The van der Waals surface area contributed by atoms with Crippen molar-refractivity contribution in [3.63, 3.8) is 0 Å². The molecular weight excluding hydrogens is 190 g/mol. The van der Waals surface area contributed by atoms with Gasteiger partial charge >= 0.3 is 0 Å². The first-order chi connectivity index (χ1) is 6.01. The highest BCUT2D eigenvalue weighted by Crippen LogP contribution is 2.04. The van der Waals surface area contributed by atoms with Crippen molar-refractivity contribution in [1.29, 1.82) is 0 Å². The lowest BCUT2D eigenvalue weighted by atomic mass is 10.4. The van der Waals surface area contributed by atoms with Gasteiger partial charge in [0, 0.05) is 6.42 Å². The van der Waals surface area contributed by atoms with Crippen LogP contribution in [-0.2, 0) is 16.4 Å². The summed E-state index contributed by atoms with van der Waals surface area (Å²) in [4.78, 5) is 7.89. The highest BCUT2D eigenvalue weighted by molar-refractivity contribution is 7.92. The molecule has 0 aromatic carbocycles. The molecule has 0 atom stereocenters. The van der Waals surface area contributed by atoms with Crippen molar-refractivity contribution < 1.29 is 8.42 Å². The Morgan fingerprint density at radius 2 is 1.92 bits per heavy atom. The van der Waals surface area contributed by atoms with E-state index >= 15 is 0 Å². The molecule has 1 N–H and O–H groups in total. The molecule has 0 fully saturated rings. The van der Waals surface area contributed by atoms with Gasteiger partial charge < -0.3 is 0 Å². The normalized spacial score (nSPS) is 11.2. The third kappa shape index (κ3) is 3.37. The molecule has 72 valence electrons. The summed E-state index contributed by atoms with van der Waals surface area (Å²) >= 11 is 0. The Labute approximate surface area is 77.3 Å². The summed E-state index contributed by atoms with van der Waals surface area (Å²) in [6, 6.07) is 0. The second-order valence-corrected chi connectivity index (χ2v) is 4.36. The van der Waals surface area contributed by atoms with Crippen LogP contribution in [0, 0.1) is 0 Å². The number of sulfonamides is 1. The Bertz CT molecular complexity index is 371. The molecule has 0 unspecified atom stereocenters. The van der Waals surface area contributed by atoms with Gasteiger partial charge in [-0.25, -0.2) is 18.4 Å². The molecule has 0 aliphatic carbocycles. The maximum Gasteiger partial charge on any atom is 0.229 e. The van der Waals surface area contributed by atoms with Gasteiger partial charge in [-0.2, -0.15) is 0 Å². The van der Waals surface area contributed by atoms with Crippen molar-refractivity contribution in [1.82, 2.24) is 9.97 Å². The number of hydrogen-bond acceptors (Lipinski definition) is 4. The topological polar surface area (TPSA) is 72.0 Å². The van der Waals surface area contributed by atoms with E-state index in [2.05, 4.69) is 14.7 Å². The second kappa shape index (κ2) is 3.69. The SMILES string of the molecule is CCc1ncc(NS(C)(=O)=O)cn1. The molecule has 1 aromatic heterocycles. The van der Waals surface area contributed by atoms with E-state index in [0.717, 1.165) is 12.7 Å². The number of hydrogen-bond donors (Lipinski definition) is 1. The first kappa shape index (κ1) is 9.91. The molecule has 5 nitrogen and oxygen atoms in total.